The van der Waals surface area contributed by atoms with Gasteiger partial charge in [-0.2, -0.15) is 0 Å². The van der Waals surface area contributed by atoms with Crippen LogP contribution in [0.3, 0.4) is 0 Å². The molecule has 1 heterocycles. The van der Waals surface area contributed by atoms with Crippen molar-refractivity contribution in [1.82, 2.24) is 4.98 Å². The maximum absolute atomic E-state index is 12.0. The SMILES string of the molecule is Cc1[nH]c2ccc(OC(=O)c3ccccc3)cc2c1C=O. The minimum Gasteiger partial charge on any atom is -0.423 e. The van der Waals surface area contributed by atoms with Gasteiger partial charge in [0.15, 0.2) is 6.29 Å². The normalized spacial score (nSPS) is 10.5. The Morgan fingerprint density at radius 2 is 1.90 bits per heavy atom. The second-order valence-corrected chi connectivity index (χ2v) is 4.74. The molecule has 0 aliphatic rings. The van der Waals surface area contributed by atoms with Crippen LogP contribution in [0, 0.1) is 6.92 Å². The molecule has 3 rings (SSSR count). The molecule has 0 unspecified atom stereocenters. The number of aromatic nitrogens is 1. The van der Waals surface area contributed by atoms with E-state index in [2.05, 4.69) is 4.98 Å². The number of carbonyl (C=O) groups is 2. The van der Waals surface area contributed by atoms with Crippen molar-refractivity contribution in [2.75, 3.05) is 0 Å². The first-order valence-electron chi connectivity index (χ1n) is 6.54. The molecule has 4 nitrogen and oxygen atoms in total. The molecule has 0 radical (unpaired) electrons. The maximum Gasteiger partial charge on any atom is 0.343 e. The average Bonchev–Trinajstić information content (AvgIpc) is 2.82. The van der Waals surface area contributed by atoms with E-state index < -0.39 is 5.97 Å². The number of rotatable bonds is 3. The molecule has 3 aromatic rings. The summed E-state index contributed by atoms with van der Waals surface area (Å²) in [6.07, 6.45) is 0.803. The van der Waals surface area contributed by atoms with Gasteiger partial charge in [0.25, 0.3) is 0 Å². The topological polar surface area (TPSA) is 59.2 Å². The zero-order chi connectivity index (χ0) is 14.8. The van der Waals surface area contributed by atoms with E-state index in [1.807, 2.05) is 13.0 Å². The molecule has 0 bridgehead atoms. The highest BCUT2D eigenvalue weighted by atomic mass is 16.5. The summed E-state index contributed by atoms with van der Waals surface area (Å²) in [5, 5.41) is 0.751. The Hall–Kier alpha value is -2.88. The first kappa shape index (κ1) is 13.1. The van der Waals surface area contributed by atoms with Crippen LogP contribution >= 0.6 is 0 Å². The van der Waals surface area contributed by atoms with E-state index in [9.17, 15) is 9.59 Å². The number of aldehydes is 1. The number of H-pyrrole nitrogens is 1. The number of carbonyl (C=O) groups excluding carboxylic acids is 2. The van der Waals surface area contributed by atoms with E-state index in [-0.39, 0.29) is 0 Å². The number of benzene rings is 2. The van der Waals surface area contributed by atoms with Crippen LogP contribution in [0.25, 0.3) is 10.9 Å². The third-order valence-electron chi connectivity index (χ3n) is 3.35. The van der Waals surface area contributed by atoms with E-state index in [1.165, 1.54) is 0 Å². The maximum atomic E-state index is 12.0. The summed E-state index contributed by atoms with van der Waals surface area (Å²) in [5.41, 5.74) is 2.71. The standard InChI is InChI=1S/C17H13NO3/c1-11-15(10-19)14-9-13(7-8-16(14)18-11)21-17(20)12-5-3-2-4-6-12/h2-10,18H,1H3. The predicted molar refractivity (Wildman–Crippen MR) is 79.8 cm³/mol. The summed E-state index contributed by atoms with van der Waals surface area (Å²) in [5.74, 6) is -0.00619. The van der Waals surface area contributed by atoms with Gasteiger partial charge in [0.1, 0.15) is 5.75 Å². The predicted octanol–water partition coefficient (Wildman–Crippen LogP) is 3.51. The lowest BCUT2D eigenvalue weighted by atomic mass is 10.1. The number of fused-ring (bicyclic) bond motifs is 1. The average molecular weight is 279 g/mol. The third kappa shape index (κ3) is 2.43. The zero-order valence-corrected chi connectivity index (χ0v) is 11.4. The lowest BCUT2D eigenvalue weighted by Crippen LogP contribution is -2.07. The lowest BCUT2D eigenvalue weighted by Gasteiger charge is -2.04. The molecule has 2 aromatic carbocycles. The first-order valence-corrected chi connectivity index (χ1v) is 6.54. The summed E-state index contributed by atoms with van der Waals surface area (Å²) >= 11 is 0. The van der Waals surface area contributed by atoms with E-state index >= 15 is 0 Å². The Morgan fingerprint density at radius 1 is 1.14 bits per heavy atom. The van der Waals surface area contributed by atoms with Crippen molar-refractivity contribution in [3.63, 3.8) is 0 Å². The Morgan fingerprint density at radius 3 is 2.62 bits per heavy atom. The molecule has 0 saturated carbocycles. The highest BCUT2D eigenvalue weighted by Gasteiger charge is 2.11. The number of nitrogens with one attached hydrogen (secondary N) is 1. The fraction of sp³-hybridized carbons (Fsp3) is 0.0588. The summed E-state index contributed by atoms with van der Waals surface area (Å²) in [7, 11) is 0. The van der Waals surface area contributed by atoms with Crippen LogP contribution in [0.4, 0.5) is 0 Å². The summed E-state index contributed by atoms with van der Waals surface area (Å²) in [6, 6.07) is 14.0. The van der Waals surface area contributed by atoms with E-state index in [4.69, 9.17) is 4.74 Å². The fourth-order valence-corrected chi connectivity index (χ4v) is 2.28. The van der Waals surface area contributed by atoms with Crippen LogP contribution in [0.2, 0.25) is 0 Å². The molecule has 0 spiro atoms. The van der Waals surface area contributed by atoms with Gasteiger partial charge >= 0.3 is 5.97 Å². The quantitative estimate of drug-likeness (QED) is 0.453. The number of hydrogen-bond acceptors (Lipinski definition) is 3. The van der Waals surface area contributed by atoms with Crippen molar-refractivity contribution in [3.8, 4) is 5.75 Å². The molecule has 104 valence electrons. The Labute approximate surface area is 121 Å². The summed E-state index contributed by atoms with van der Waals surface area (Å²) in [4.78, 5) is 26.3. The van der Waals surface area contributed by atoms with E-state index in [0.29, 0.717) is 16.9 Å². The molecule has 1 aromatic heterocycles. The summed E-state index contributed by atoms with van der Waals surface area (Å²) < 4.78 is 5.35. The molecule has 4 heteroatoms. The number of ether oxygens (including phenoxy) is 1. The molecular weight excluding hydrogens is 266 g/mol. The van der Waals surface area contributed by atoms with Gasteiger partial charge in [-0.15, -0.1) is 0 Å². The molecule has 0 fully saturated rings. The summed E-state index contributed by atoms with van der Waals surface area (Å²) in [6.45, 7) is 1.83. The van der Waals surface area contributed by atoms with Crippen molar-refractivity contribution in [2.45, 2.75) is 6.92 Å². The number of aryl methyl sites for hydroxylation is 1. The third-order valence-corrected chi connectivity index (χ3v) is 3.35. The van der Waals surface area contributed by atoms with Gasteiger partial charge in [0.2, 0.25) is 0 Å². The van der Waals surface area contributed by atoms with Crippen molar-refractivity contribution >= 4 is 23.2 Å². The van der Waals surface area contributed by atoms with Gasteiger partial charge in [-0.3, -0.25) is 4.79 Å². The minimum atomic E-state index is -0.421. The van der Waals surface area contributed by atoms with Gasteiger partial charge in [0.05, 0.1) is 5.56 Å². The molecule has 0 saturated heterocycles. The fourth-order valence-electron chi connectivity index (χ4n) is 2.28. The largest absolute Gasteiger partial charge is 0.423 e. The monoisotopic (exact) mass is 279 g/mol. The van der Waals surface area contributed by atoms with E-state index in [1.54, 1.807) is 42.5 Å². The second kappa shape index (κ2) is 5.25. The Kier molecular flexibility index (Phi) is 3.28. The number of hydrogen-bond donors (Lipinski definition) is 1. The Bertz CT molecular complexity index is 819. The second-order valence-electron chi connectivity index (χ2n) is 4.74. The van der Waals surface area contributed by atoms with Crippen molar-refractivity contribution < 1.29 is 14.3 Å². The molecular formula is C17H13NO3. The van der Waals surface area contributed by atoms with Crippen molar-refractivity contribution in [2.24, 2.45) is 0 Å². The van der Waals surface area contributed by atoms with Crippen LogP contribution in [-0.2, 0) is 0 Å². The highest BCUT2D eigenvalue weighted by molar-refractivity contribution is 6.00. The zero-order valence-electron chi connectivity index (χ0n) is 11.4. The molecule has 1 N–H and O–H groups in total. The van der Waals surface area contributed by atoms with Crippen LogP contribution in [-0.4, -0.2) is 17.2 Å². The molecule has 0 atom stereocenters. The lowest BCUT2D eigenvalue weighted by molar-refractivity contribution is 0.0735. The highest BCUT2D eigenvalue weighted by Crippen LogP contribution is 2.25. The Balaban J connectivity index is 1.94. The minimum absolute atomic E-state index is 0.415. The van der Waals surface area contributed by atoms with Gasteiger partial charge in [0, 0.05) is 22.2 Å². The van der Waals surface area contributed by atoms with Crippen LogP contribution in [0.15, 0.2) is 48.5 Å². The van der Waals surface area contributed by atoms with Crippen molar-refractivity contribution in [1.29, 1.82) is 0 Å². The van der Waals surface area contributed by atoms with Gasteiger partial charge in [-0.05, 0) is 37.3 Å². The molecule has 0 aliphatic heterocycles. The number of aromatic amines is 1. The first-order chi connectivity index (χ1) is 10.2. The van der Waals surface area contributed by atoms with Crippen LogP contribution < -0.4 is 4.74 Å². The smallest absolute Gasteiger partial charge is 0.343 e. The van der Waals surface area contributed by atoms with Crippen LogP contribution in [0.5, 0.6) is 5.75 Å². The van der Waals surface area contributed by atoms with E-state index in [0.717, 1.165) is 22.9 Å². The molecule has 0 aliphatic carbocycles. The van der Waals surface area contributed by atoms with Crippen LogP contribution in [0.1, 0.15) is 26.4 Å². The van der Waals surface area contributed by atoms with Gasteiger partial charge < -0.3 is 9.72 Å². The molecule has 21 heavy (non-hydrogen) atoms. The number of esters is 1. The van der Waals surface area contributed by atoms with Gasteiger partial charge in [-0.1, -0.05) is 18.2 Å². The van der Waals surface area contributed by atoms with Crippen molar-refractivity contribution in [3.05, 3.63) is 65.4 Å². The van der Waals surface area contributed by atoms with Gasteiger partial charge in [-0.25, -0.2) is 4.79 Å². The molecule has 0 amide bonds.